The van der Waals surface area contributed by atoms with Crippen LogP contribution in [-0.4, -0.2) is 30.4 Å². The summed E-state index contributed by atoms with van der Waals surface area (Å²) in [5, 5.41) is 0. The van der Waals surface area contributed by atoms with Crippen molar-refractivity contribution < 1.29 is 9.21 Å². The average molecular weight is 224 g/mol. The molecule has 90 valence electrons. The zero-order valence-corrected chi connectivity index (χ0v) is 10.0. The zero-order chi connectivity index (χ0) is 12.0. The lowest BCUT2D eigenvalue weighted by atomic mass is 10.2. The molecule has 0 fully saturated rings. The summed E-state index contributed by atoms with van der Waals surface area (Å²) in [6.45, 7) is 5.78. The number of nitrogens with zero attached hydrogens (tertiary/aromatic N) is 1. The second kappa shape index (κ2) is 6.33. The first kappa shape index (κ1) is 12.8. The van der Waals surface area contributed by atoms with Gasteiger partial charge in [0.05, 0.1) is 6.26 Å². The van der Waals surface area contributed by atoms with Gasteiger partial charge >= 0.3 is 0 Å². The highest BCUT2D eigenvalue weighted by atomic mass is 16.3. The Bertz CT molecular complexity index is 334. The highest BCUT2D eigenvalue weighted by Gasteiger charge is 2.19. The zero-order valence-electron chi connectivity index (χ0n) is 10.0. The minimum atomic E-state index is -0.0543. The molecule has 0 saturated heterocycles. The quantitative estimate of drug-likeness (QED) is 0.801. The van der Waals surface area contributed by atoms with E-state index in [1.54, 1.807) is 17.2 Å². The van der Waals surface area contributed by atoms with Crippen LogP contribution in [0.1, 0.15) is 35.9 Å². The van der Waals surface area contributed by atoms with Gasteiger partial charge in [-0.15, -0.1) is 0 Å². The summed E-state index contributed by atoms with van der Waals surface area (Å²) >= 11 is 0. The van der Waals surface area contributed by atoms with Crippen LogP contribution in [0.25, 0.3) is 0 Å². The monoisotopic (exact) mass is 224 g/mol. The van der Waals surface area contributed by atoms with Gasteiger partial charge in [-0.1, -0.05) is 13.3 Å². The molecular weight excluding hydrogens is 204 g/mol. The molecule has 0 atom stereocenters. The molecule has 1 heterocycles. The first-order chi connectivity index (χ1) is 7.70. The molecule has 0 saturated carbocycles. The first-order valence-electron chi connectivity index (χ1n) is 5.74. The van der Waals surface area contributed by atoms with Gasteiger partial charge in [-0.2, -0.15) is 0 Å². The summed E-state index contributed by atoms with van der Waals surface area (Å²) < 4.78 is 5.20. The molecule has 0 spiro atoms. The van der Waals surface area contributed by atoms with Crippen molar-refractivity contribution in [2.75, 3.05) is 19.6 Å². The molecule has 1 rings (SSSR count). The number of unbranched alkanes of at least 4 members (excludes halogenated alkanes) is 1. The Hall–Kier alpha value is -1.29. The average Bonchev–Trinajstić information content (AvgIpc) is 2.69. The molecule has 4 nitrogen and oxygen atoms in total. The Morgan fingerprint density at radius 2 is 2.25 bits per heavy atom. The van der Waals surface area contributed by atoms with Crippen LogP contribution in [-0.2, 0) is 0 Å². The topological polar surface area (TPSA) is 59.5 Å². The second-order valence-electron chi connectivity index (χ2n) is 3.87. The Morgan fingerprint density at radius 1 is 1.50 bits per heavy atom. The van der Waals surface area contributed by atoms with E-state index in [1.165, 1.54) is 0 Å². The fraction of sp³-hybridized carbons (Fsp3) is 0.583. The molecule has 1 aromatic heterocycles. The Kier molecular flexibility index (Phi) is 5.05. The molecule has 16 heavy (non-hydrogen) atoms. The van der Waals surface area contributed by atoms with Gasteiger partial charge in [0.2, 0.25) is 0 Å². The number of nitrogens with two attached hydrogens (primary N) is 1. The van der Waals surface area contributed by atoms with Crippen LogP contribution in [0.4, 0.5) is 0 Å². The SMILES string of the molecule is CCCCN(CCN)C(=O)c1occc1C. The minimum Gasteiger partial charge on any atom is -0.459 e. The summed E-state index contributed by atoms with van der Waals surface area (Å²) in [5.41, 5.74) is 6.38. The third-order valence-electron chi connectivity index (χ3n) is 2.52. The van der Waals surface area contributed by atoms with E-state index in [0.29, 0.717) is 18.8 Å². The molecule has 1 aromatic rings. The summed E-state index contributed by atoms with van der Waals surface area (Å²) in [5.74, 6) is 0.381. The maximum absolute atomic E-state index is 12.1. The summed E-state index contributed by atoms with van der Waals surface area (Å²) in [6, 6.07) is 1.80. The maximum Gasteiger partial charge on any atom is 0.289 e. The van der Waals surface area contributed by atoms with Crippen molar-refractivity contribution in [2.24, 2.45) is 5.73 Å². The number of rotatable bonds is 6. The molecular formula is C12H20N2O2. The molecule has 0 radical (unpaired) electrons. The summed E-state index contributed by atoms with van der Waals surface area (Å²) in [4.78, 5) is 13.9. The first-order valence-corrected chi connectivity index (χ1v) is 5.74. The second-order valence-corrected chi connectivity index (χ2v) is 3.87. The van der Waals surface area contributed by atoms with Crippen LogP contribution >= 0.6 is 0 Å². The molecule has 0 aliphatic heterocycles. The smallest absolute Gasteiger partial charge is 0.289 e. The predicted octanol–water partition coefficient (Wildman–Crippen LogP) is 1.79. The van der Waals surface area contributed by atoms with Crippen molar-refractivity contribution >= 4 is 5.91 Å². The molecule has 0 aromatic carbocycles. The van der Waals surface area contributed by atoms with Gasteiger partial charge in [0.25, 0.3) is 5.91 Å². The number of aryl methyl sites for hydroxylation is 1. The highest BCUT2D eigenvalue weighted by Crippen LogP contribution is 2.12. The lowest BCUT2D eigenvalue weighted by molar-refractivity contribution is 0.0725. The van der Waals surface area contributed by atoms with E-state index in [4.69, 9.17) is 10.2 Å². The fourth-order valence-corrected chi connectivity index (χ4v) is 1.56. The van der Waals surface area contributed by atoms with Crippen LogP contribution in [0.3, 0.4) is 0 Å². The molecule has 1 amide bonds. The normalized spacial score (nSPS) is 10.4. The van der Waals surface area contributed by atoms with Gasteiger partial charge in [0, 0.05) is 25.2 Å². The van der Waals surface area contributed by atoms with Crippen molar-refractivity contribution in [1.82, 2.24) is 4.90 Å². The van der Waals surface area contributed by atoms with E-state index in [-0.39, 0.29) is 5.91 Å². The van der Waals surface area contributed by atoms with Crippen molar-refractivity contribution in [3.05, 3.63) is 23.7 Å². The van der Waals surface area contributed by atoms with Crippen LogP contribution < -0.4 is 5.73 Å². The van der Waals surface area contributed by atoms with Crippen molar-refractivity contribution in [1.29, 1.82) is 0 Å². The standard InChI is InChI=1S/C12H20N2O2/c1-3-4-7-14(8-6-13)12(15)11-10(2)5-9-16-11/h5,9H,3-4,6-8,13H2,1-2H3. The number of furan rings is 1. The van der Waals surface area contributed by atoms with Crippen LogP contribution in [0.2, 0.25) is 0 Å². The highest BCUT2D eigenvalue weighted by molar-refractivity contribution is 5.92. The number of amides is 1. The molecule has 0 aliphatic carbocycles. The minimum absolute atomic E-state index is 0.0543. The Morgan fingerprint density at radius 3 is 2.75 bits per heavy atom. The van der Waals surface area contributed by atoms with E-state index in [2.05, 4.69) is 6.92 Å². The van der Waals surface area contributed by atoms with Crippen molar-refractivity contribution in [2.45, 2.75) is 26.7 Å². The summed E-state index contributed by atoms with van der Waals surface area (Å²) in [6.07, 6.45) is 3.60. The van der Waals surface area contributed by atoms with E-state index >= 15 is 0 Å². The molecule has 0 aliphatic rings. The van der Waals surface area contributed by atoms with Crippen LogP contribution in [0.15, 0.2) is 16.7 Å². The van der Waals surface area contributed by atoms with Gasteiger partial charge < -0.3 is 15.1 Å². The molecule has 0 bridgehead atoms. The van der Waals surface area contributed by atoms with Crippen molar-refractivity contribution in [3.63, 3.8) is 0 Å². The van der Waals surface area contributed by atoms with Gasteiger partial charge in [-0.05, 0) is 19.4 Å². The number of hydrogen-bond donors (Lipinski definition) is 1. The largest absolute Gasteiger partial charge is 0.459 e. The lowest BCUT2D eigenvalue weighted by Crippen LogP contribution is -2.36. The Balaban J connectivity index is 2.70. The summed E-state index contributed by atoms with van der Waals surface area (Å²) in [7, 11) is 0. The van der Waals surface area contributed by atoms with Gasteiger partial charge in [0.1, 0.15) is 0 Å². The maximum atomic E-state index is 12.1. The number of carbonyl (C=O) groups excluding carboxylic acids is 1. The van der Waals surface area contributed by atoms with Crippen LogP contribution in [0.5, 0.6) is 0 Å². The van der Waals surface area contributed by atoms with E-state index in [0.717, 1.165) is 24.9 Å². The lowest BCUT2D eigenvalue weighted by Gasteiger charge is -2.20. The predicted molar refractivity (Wildman–Crippen MR) is 63.3 cm³/mol. The third-order valence-corrected chi connectivity index (χ3v) is 2.52. The Labute approximate surface area is 96.4 Å². The van der Waals surface area contributed by atoms with Crippen LogP contribution in [0, 0.1) is 6.92 Å². The molecule has 2 N–H and O–H groups in total. The van der Waals surface area contributed by atoms with E-state index < -0.39 is 0 Å². The van der Waals surface area contributed by atoms with Gasteiger partial charge in [-0.3, -0.25) is 4.79 Å². The molecule has 4 heteroatoms. The van der Waals surface area contributed by atoms with E-state index in [9.17, 15) is 4.79 Å². The number of hydrogen-bond acceptors (Lipinski definition) is 3. The molecule has 0 unspecified atom stereocenters. The van der Waals surface area contributed by atoms with Crippen molar-refractivity contribution in [3.8, 4) is 0 Å². The van der Waals surface area contributed by atoms with E-state index in [1.807, 2.05) is 6.92 Å². The van der Waals surface area contributed by atoms with Gasteiger partial charge in [-0.25, -0.2) is 0 Å². The number of carbonyl (C=O) groups is 1. The fourth-order valence-electron chi connectivity index (χ4n) is 1.56. The third kappa shape index (κ3) is 3.10. The van der Waals surface area contributed by atoms with Gasteiger partial charge in [0.15, 0.2) is 5.76 Å².